The van der Waals surface area contributed by atoms with E-state index < -0.39 is 17.4 Å². The summed E-state index contributed by atoms with van der Waals surface area (Å²) in [6, 6.07) is 9.61. The molecule has 0 aromatic heterocycles. The summed E-state index contributed by atoms with van der Waals surface area (Å²) < 4.78 is 0. The number of nitrogens with zero attached hydrogens (tertiary/aromatic N) is 1. The largest absolute Gasteiger partial charge is 0.480 e. The topological polar surface area (TPSA) is 86.7 Å². The smallest absolute Gasteiger partial charge is 0.329 e. The van der Waals surface area contributed by atoms with Crippen molar-refractivity contribution >= 4 is 17.8 Å². The number of carbonyl (C=O) groups is 3. The number of benzene rings is 1. The van der Waals surface area contributed by atoms with Crippen LogP contribution in [0.5, 0.6) is 0 Å². The average molecular weight is 330 g/mol. The van der Waals surface area contributed by atoms with Crippen LogP contribution < -0.4 is 5.32 Å². The van der Waals surface area contributed by atoms with E-state index in [0.29, 0.717) is 13.1 Å². The maximum absolute atomic E-state index is 12.5. The summed E-state index contributed by atoms with van der Waals surface area (Å²) in [6.45, 7) is 2.37. The Labute approximate surface area is 140 Å². The second-order valence-electron chi connectivity index (χ2n) is 6.93. The van der Waals surface area contributed by atoms with Gasteiger partial charge in [0.2, 0.25) is 11.8 Å². The molecule has 6 heteroatoms. The van der Waals surface area contributed by atoms with Crippen molar-refractivity contribution in [2.24, 2.45) is 11.8 Å². The number of carboxylic acid groups (broad SMARTS) is 1. The number of hydrogen-bond acceptors (Lipinski definition) is 3. The van der Waals surface area contributed by atoms with E-state index in [1.54, 1.807) is 11.8 Å². The van der Waals surface area contributed by atoms with Crippen molar-refractivity contribution in [3.8, 4) is 0 Å². The van der Waals surface area contributed by atoms with Gasteiger partial charge in [0, 0.05) is 19.5 Å². The van der Waals surface area contributed by atoms with Gasteiger partial charge in [-0.05, 0) is 31.2 Å². The van der Waals surface area contributed by atoms with Gasteiger partial charge in [-0.2, -0.15) is 0 Å². The standard InChI is InChI=1S/C18H22N2O4/c1-18(17(23)24,14-7-8-14)19-16(22)13-9-15(21)20(11-13)10-12-5-3-2-4-6-12/h2-6,13-14H,7-11H2,1H3,(H,19,22)(H,23,24)/t13-,18+/m0/s1. The second kappa shape index (κ2) is 6.26. The molecule has 0 radical (unpaired) electrons. The molecule has 6 nitrogen and oxygen atoms in total. The van der Waals surface area contributed by atoms with E-state index in [1.165, 1.54) is 0 Å². The van der Waals surface area contributed by atoms with Crippen LogP contribution in [0.2, 0.25) is 0 Å². The number of nitrogens with one attached hydrogen (secondary N) is 1. The zero-order chi connectivity index (χ0) is 17.3. The maximum Gasteiger partial charge on any atom is 0.329 e. The Morgan fingerprint density at radius 1 is 1.29 bits per heavy atom. The number of amides is 2. The molecule has 1 aliphatic heterocycles. The van der Waals surface area contributed by atoms with Crippen LogP contribution in [0.1, 0.15) is 31.7 Å². The summed E-state index contributed by atoms with van der Waals surface area (Å²) in [5.74, 6) is -1.92. The van der Waals surface area contributed by atoms with Gasteiger partial charge in [0.05, 0.1) is 5.92 Å². The first-order valence-corrected chi connectivity index (χ1v) is 8.27. The zero-order valence-corrected chi connectivity index (χ0v) is 13.7. The third kappa shape index (κ3) is 3.27. The molecular formula is C18H22N2O4. The highest BCUT2D eigenvalue weighted by atomic mass is 16.4. The maximum atomic E-state index is 12.5. The lowest BCUT2D eigenvalue weighted by atomic mass is 9.94. The third-order valence-corrected chi connectivity index (χ3v) is 5.02. The zero-order valence-electron chi connectivity index (χ0n) is 13.7. The molecule has 1 saturated carbocycles. The minimum absolute atomic E-state index is 0.0172. The van der Waals surface area contributed by atoms with Crippen LogP contribution in [-0.2, 0) is 20.9 Å². The minimum Gasteiger partial charge on any atom is -0.480 e. The molecule has 1 aromatic rings. The van der Waals surface area contributed by atoms with E-state index in [-0.39, 0.29) is 24.2 Å². The normalized spacial score (nSPS) is 23.0. The SMILES string of the molecule is C[C@](NC(=O)[C@H]1CC(=O)N(Cc2ccccc2)C1)(C(=O)O)C1CC1. The van der Waals surface area contributed by atoms with Gasteiger partial charge in [-0.3, -0.25) is 9.59 Å². The van der Waals surface area contributed by atoms with E-state index in [0.717, 1.165) is 18.4 Å². The summed E-state index contributed by atoms with van der Waals surface area (Å²) in [7, 11) is 0. The first-order valence-electron chi connectivity index (χ1n) is 8.27. The Bertz CT molecular complexity index is 656. The molecule has 0 spiro atoms. The molecule has 1 aromatic carbocycles. The Hall–Kier alpha value is -2.37. The summed E-state index contributed by atoms with van der Waals surface area (Å²) in [5.41, 5.74) is -0.215. The molecule has 1 saturated heterocycles. The van der Waals surface area contributed by atoms with Crippen LogP contribution >= 0.6 is 0 Å². The Morgan fingerprint density at radius 3 is 2.54 bits per heavy atom. The number of likely N-dealkylation sites (tertiary alicyclic amines) is 1. The van der Waals surface area contributed by atoms with Crippen molar-refractivity contribution in [2.75, 3.05) is 6.54 Å². The van der Waals surface area contributed by atoms with E-state index in [2.05, 4.69) is 5.32 Å². The number of carbonyl (C=O) groups excluding carboxylic acids is 2. The molecule has 1 heterocycles. The lowest BCUT2D eigenvalue weighted by Crippen LogP contribution is -2.55. The highest BCUT2D eigenvalue weighted by molar-refractivity contribution is 5.92. The Kier molecular flexibility index (Phi) is 4.30. The van der Waals surface area contributed by atoms with Gasteiger partial charge >= 0.3 is 5.97 Å². The van der Waals surface area contributed by atoms with Crippen LogP contribution in [0.15, 0.2) is 30.3 Å². The van der Waals surface area contributed by atoms with Crippen molar-refractivity contribution in [1.29, 1.82) is 0 Å². The van der Waals surface area contributed by atoms with Gasteiger partial charge in [-0.15, -0.1) is 0 Å². The van der Waals surface area contributed by atoms with Crippen molar-refractivity contribution < 1.29 is 19.5 Å². The van der Waals surface area contributed by atoms with Crippen LogP contribution in [0.25, 0.3) is 0 Å². The van der Waals surface area contributed by atoms with Gasteiger partial charge in [-0.25, -0.2) is 4.79 Å². The van der Waals surface area contributed by atoms with Gasteiger partial charge in [0.1, 0.15) is 5.54 Å². The number of rotatable bonds is 6. The van der Waals surface area contributed by atoms with Crippen LogP contribution in [0, 0.1) is 11.8 Å². The lowest BCUT2D eigenvalue weighted by Gasteiger charge is -2.27. The van der Waals surface area contributed by atoms with Gasteiger partial charge in [-0.1, -0.05) is 30.3 Å². The molecule has 2 fully saturated rings. The predicted octanol–water partition coefficient (Wildman–Crippen LogP) is 1.40. The second-order valence-corrected chi connectivity index (χ2v) is 6.93. The highest BCUT2D eigenvalue weighted by Gasteiger charge is 2.49. The molecule has 0 bridgehead atoms. The van der Waals surface area contributed by atoms with Crippen molar-refractivity contribution in [1.82, 2.24) is 10.2 Å². The summed E-state index contributed by atoms with van der Waals surface area (Å²) in [5, 5.41) is 12.1. The quantitative estimate of drug-likeness (QED) is 0.825. The van der Waals surface area contributed by atoms with Crippen molar-refractivity contribution in [3.63, 3.8) is 0 Å². The molecule has 2 N–H and O–H groups in total. The van der Waals surface area contributed by atoms with E-state index >= 15 is 0 Å². The number of carboxylic acids is 1. The molecule has 3 rings (SSSR count). The first-order chi connectivity index (χ1) is 11.4. The lowest BCUT2D eigenvalue weighted by molar-refractivity contribution is -0.148. The van der Waals surface area contributed by atoms with E-state index in [1.807, 2.05) is 30.3 Å². The summed E-state index contributed by atoms with van der Waals surface area (Å²) in [6.07, 6.45) is 1.76. The summed E-state index contributed by atoms with van der Waals surface area (Å²) in [4.78, 5) is 37.8. The molecule has 24 heavy (non-hydrogen) atoms. The van der Waals surface area contributed by atoms with E-state index in [9.17, 15) is 19.5 Å². The summed E-state index contributed by atoms with van der Waals surface area (Å²) >= 11 is 0. The van der Waals surface area contributed by atoms with Gasteiger partial charge in [0.25, 0.3) is 0 Å². The molecule has 2 atom stereocenters. The fourth-order valence-electron chi connectivity index (χ4n) is 3.25. The molecule has 0 unspecified atom stereocenters. The number of hydrogen-bond donors (Lipinski definition) is 2. The number of aliphatic carboxylic acids is 1. The fraction of sp³-hybridized carbons (Fsp3) is 0.500. The van der Waals surface area contributed by atoms with Crippen LogP contribution in [0.4, 0.5) is 0 Å². The fourth-order valence-corrected chi connectivity index (χ4v) is 3.25. The molecule has 128 valence electrons. The van der Waals surface area contributed by atoms with Crippen molar-refractivity contribution in [2.45, 2.75) is 38.3 Å². The van der Waals surface area contributed by atoms with Gasteiger partial charge < -0.3 is 15.3 Å². The third-order valence-electron chi connectivity index (χ3n) is 5.02. The highest BCUT2D eigenvalue weighted by Crippen LogP contribution is 2.40. The van der Waals surface area contributed by atoms with Crippen molar-refractivity contribution in [3.05, 3.63) is 35.9 Å². The first kappa shape index (κ1) is 16.5. The molecule has 2 amide bonds. The Balaban J connectivity index is 1.62. The monoisotopic (exact) mass is 330 g/mol. The van der Waals surface area contributed by atoms with Gasteiger partial charge in [0.15, 0.2) is 0 Å². The average Bonchev–Trinajstić information content (AvgIpc) is 3.34. The molecular weight excluding hydrogens is 308 g/mol. The molecule has 2 aliphatic rings. The molecule has 1 aliphatic carbocycles. The van der Waals surface area contributed by atoms with Crippen LogP contribution in [0.3, 0.4) is 0 Å². The van der Waals surface area contributed by atoms with E-state index in [4.69, 9.17) is 0 Å². The van der Waals surface area contributed by atoms with Crippen LogP contribution in [-0.4, -0.2) is 39.9 Å². The predicted molar refractivity (Wildman–Crippen MR) is 86.9 cm³/mol. The minimum atomic E-state index is -1.23. The Morgan fingerprint density at radius 2 is 1.96 bits per heavy atom.